The van der Waals surface area contributed by atoms with Gasteiger partial charge in [-0.3, -0.25) is 8.86 Å². The molecule has 6 nitrogen and oxygen atoms in total. The van der Waals surface area contributed by atoms with Crippen LogP contribution in [0.15, 0.2) is 48.5 Å². The van der Waals surface area contributed by atoms with Crippen LogP contribution < -0.4 is 4.31 Å². The summed E-state index contributed by atoms with van der Waals surface area (Å²) in [5.41, 5.74) is 2.98. The topological polar surface area (TPSA) is 98.1 Å². The molecule has 0 aliphatic rings. The van der Waals surface area contributed by atoms with Gasteiger partial charge in [0, 0.05) is 0 Å². The molecule has 0 fully saturated rings. The van der Waals surface area contributed by atoms with Gasteiger partial charge in [0.25, 0.3) is 11.3 Å². The average Bonchev–Trinajstić information content (AvgIpc) is 2.59. The molecule has 0 aromatic heterocycles. The van der Waals surface area contributed by atoms with Gasteiger partial charge in [0.05, 0.1) is 12.3 Å². The molecule has 7 heteroatoms. The third kappa shape index (κ3) is 4.45. The second-order valence-electron chi connectivity index (χ2n) is 5.99. The number of hydrogen-bond acceptors (Lipinski definition) is 3. The highest BCUT2D eigenvalue weighted by atomic mass is 32.2. The highest BCUT2D eigenvalue weighted by Crippen LogP contribution is 2.27. The number of rotatable bonds is 7. The van der Waals surface area contributed by atoms with E-state index in [0.29, 0.717) is 5.69 Å². The normalized spacial score (nSPS) is 13.5. The Kier molecular flexibility index (Phi) is 6.30. The van der Waals surface area contributed by atoms with Gasteiger partial charge in [0.2, 0.25) is 0 Å². The molecule has 0 heterocycles. The van der Waals surface area contributed by atoms with E-state index in [0.717, 1.165) is 21.0 Å². The smallest absolute Gasteiger partial charge is 0.327 e. The molecule has 0 saturated heterocycles. The average molecular weight is 363 g/mol. The van der Waals surface area contributed by atoms with Crippen molar-refractivity contribution in [2.45, 2.75) is 26.5 Å². The Morgan fingerprint density at radius 1 is 1.04 bits per heavy atom. The summed E-state index contributed by atoms with van der Waals surface area (Å²) in [4.78, 5) is 11.5. The summed E-state index contributed by atoms with van der Waals surface area (Å²) in [5, 5.41) is 18.5. The van der Waals surface area contributed by atoms with Gasteiger partial charge < -0.3 is 10.2 Å². The third-order valence-corrected chi connectivity index (χ3v) is 4.67. The van der Waals surface area contributed by atoms with Crippen LogP contribution in [0.2, 0.25) is 0 Å². The van der Waals surface area contributed by atoms with Gasteiger partial charge in [-0.1, -0.05) is 50.2 Å². The summed E-state index contributed by atoms with van der Waals surface area (Å²) < 4.78 is 22.3. The van der Waals surface area contributed by atoms with Crippen LogP contribution in [0.5, 0.6) is 0 Å². The molecule has 2 aromatic rings. The van der Waals surface area contributed by atoms with Crippen molar-refractivity contribution < 1.29 is 23.8 Å². The van der Waals surface area contributed by atoms with E-state index >= 15 is 0 Å². The highest BCUT2D eigenvalue weighted by molar-refractivity contribution is 7.80. The molecule has 134 valence electrons. The summed E-state index contributed by atoms with van der Waals surface area (Å²) in [7, 11) is 0. The van der Waals surface area contributed by atoms with Crippen LogP contribution in [-0.4, -0.2) is 31.0 Å². The fraction of sp³-hybridized carbons (Fsp3) is 0.278. The highest BCUT2D eigenvalue weighted by Gasteiger charge is 2.32. The molecule has 2 atom stereocenters. The van der Waals surface area contributed by atoms with E-state index in [1.54, 1.807) is 38.1 Å². The first-order valence-corrected chi connectivity index (χ1v) is 8.84. The number of aliphatic hydroxyl groups excluding tert-OH is 1. The van der Waals surface area contributed by atoms with E-state index < -0.39 is 23.3 Å². The van der Waals surface area contributed by atoms with Crippen LogP contribution in [0.1, 0.15) is 19.4 Å². The number of carboxylic acids is 1. The lowest BCUT2D eigenvalue weighted by Gasteiger charge is -2.29. The molecule has 2 aromatic carbocycles. The summed E-state index contributed by atoms with van der Waals surface area (Å²) in [5.74, 6) is -1.50. The van der Waals surface area contributed by atoms with Crippen LogP contribution in [0, 0.1) is 5.92 Å². The quantitative estimate of drug-likeness (QED) is 0.657. The molecular formula is C18H21NO5S. The number of nitrogens with zero attached hydrogens (tertiary/aromatic N) is 1. The molecule has 0 amide bonds. The second kappa shape index (κ2) is 8.24. The SMILES string of the molecule is CC(C)C(C(=O)O)N(c1ccc(-c2ccc(CO)cc2)cc1)S(=O)O. The number of aliphatic hydroxyl groups is 1. The second-order valence-corrected chi connectivity index (χ2v) is 6.84. The molecule has 2 unspecified atom stereocenters. The molecular weight excluding hydrogens is 342 g/mol. The minimum atomic E-state index is -2.46. The Bertz CT molecular complexity index is 743. The molecule has 3 N–H and O–H groups in total. The number of hydrogen-bond donors (Lipinski definition) is 3. The molecule has 0 saturated carbocycles. The predicted molar refractivity (Wildman–Crippen MR) is 97.3 cm³/mol. The van der Waals surface area contributed by atoms with Crippen LogP contribution >= 0.6 is 0 Å². The van der Waals surface area contributed by atoms with Crippen LogP contribution in [-0.2, 0) is 22.7 Å². The van der Waals surface area contributed by atoms with Gasteiger partial charge in [-0.15, -0.1) is 0 Å². The maximum atomic E-state index is 11.7. The Hall–Kier alpha value is -2.22. The first-order chi connectivity index (χ1) is 11.8. The van der Waals surface area contributed by atoms with Crippen molar-refractivity contribution in [1.82, 2.24) is 0 Å². The van der Waals surface area contributed by atoms with Crippen LogP contribution in [0.3, 0.4) is 0 Å². The van der Waals surface area contributed by atoms with E-state index in [-0.39, 0.29) is 12.5 Å². The first kappa shape index (κ1) is 19.1. The van der Waals surface area contributed by atoms with Crippen molar-refractivity contribution in [3.05, 3.63) is 54.1 Å². The first-order valence-electron chi connectivity index (χ1n) is 7.78. The zero-order valence-electron chi connectivity index (χ0n) is 14.0. The molecule has 0 aliphatic carbocycles. The van der Waals surface area contributed by atoms with Crippen molar-refractivity contribution in [1.29, 1.82) is 0 Å². The summed E-state index contributed by atoms with van der Waals surface area (Å²) in [6.45, 7) is 3.35. The van der Waals surface area contributed by atoms with Gasteiger partial charge in [-0.05, 0) is 34.7 Å². The Labute approximate surface area is 149 Å². The van der Waals surface area contributed by atoms with Gasteiger partial charge >= 0.3 is 5.97 Å². The van der Waals surface area contributed by atoms with Crippen molar-refractivity contribution in [2.75, 3.05) is 4.31 Å². The third-order valence-electron chi connectivity index (χ3n) is 3.90. The largest absolute Gasteiger partial charge is 0.480 e. The lowest BCUT2D eigenvalue weighted by molar-refractivity contribution is -0.139. The van der Waals surface area contributed by atoms with Crippen molar-refractivity contribution in [2.24, 2.45) is 5.92 Å². The van der Waals surface area contributed by atoms with Gasteiger partial charge in [-0.25, -0.2) is 9.00 Å². The summed E-state index contributed by atoms with van der Waals surface area (Å²) >= 11 is -2.46. The van der Waals surface area contributed by atoms with Gasteiger partial charge in [0.1, 0.15) is 6.04 Å². The van der Waals surface area contributed by atoms with Crippen LogP contribution in [0.25, 0.3) is 11.1 Å². The lowest BCUT2D eigenvalue weighted by atomic mass is 10.0. The fourth-order valence-corrected chi connectivity index (χ4v) is 3.44. The van der Waals surface area contributed by atoms with Crippen molar-refractivity contribution >= 4 is 22.9 Å². The van der Waals surface area contributed by atoms with E-state index in [9.17, 15) is 18.7 Å². The van der Waals surface area contributed by atoms with E-state index in [4.69, 9.17) is 5.11 Å². The minimum absolute atomic E-state index is 0.0255. The number of anilines is 1. The number of carboxylic acid groups (broad SMARTS) is 1. The zero-order chi connectivity index (χ0) is 18.6. The monoisotopic (exact) mass is 363 g/mol. The fourth-order valence-electron chi connectivity index (χ4n) is 2.61. The minimum Gasteiger partial charge on any atom is -0.480 e. The Morgan fingerprint density at radius 3 is 1.88 bits per heavy atom. The van der Waals surface area contributed by atoms with E-state index in [2.05, 4.69) is 0 Å². The maximum absolute atomic E-state index is 11.7. The number of carbonyl (C=O) groups is 1. The Morgan fingerprint density at radius 2 is 1.52 bits per heavy atom. The molecule has 0 bridgehead atoms. The van der Waals surface area contributed by atoms with Crippen LogP contribution in [0.4, 0.5) is 5.69 Å². The van der Waals surface area contributed by atoms with E-state index in [1.807, 2.05) is 24.3 Å². The number of aliphatic carboxylic acids is 1. The molecule has 0 radical (unpaired) electrons. The molecule has 2 rings (SSSR count). The predicted octanol–water partition coefficient (Wildman–Crippen LogP) is 2.90. The molecule has 25 heavy (non-hydrogen) atoms. The Balaban J connectivity index is 2.34. The zero-order valence-corrected chi connectivity index (χ0v) is 14.8. The number of benzene rings is 2. The van der Waals surface area contributed by atoms with Crippen molar-refractivity contribution in [3.8, 4) is 11.1 Å². The lowest BCUT2D eigenvalue weighted by Crippen LogP contribution is -2.45. The standard InChI is InChI=1S/C18H21NO5S/c1-12(2)17(18(21)22)19(25(23)24)16-9-7-15(8-10-16)14-5-3-13(11-20)4-6-14/h3-10,12,17,20H,11H2,1-2H3,(H,21,22)(H,23,24). The maximum Gasteiger partial charge on any atom is 0.327 e. The van der Waals surface area contributed by atoms with Gasteiger partial charge in [0.15, 0.2) is 0 Å². The van der Waals surface area contributed by atoms with Gasteiger partial charge in [-0.2, -0.15) is 0 Å². The summed E-state index contributed by atoms with van der Waals surface area (Å²) in [6.07, 6.45) is 0. The van der Waals surface area contributed by atoms with E-state index in [1.165, 1.54) is 0 Å². The molecule has 0 spiro atoms. The van der Waals surface area contributed by atoms with Crippen molar-refractivity contribution in [3.63, 3.8) is 0 Å². The summed E-state index contributed by atoms with van der Waals surface area (Å²) in [6, 6.07) is 13.1. The molecule has 0 aliphatic heterocycles.